The van der Waals surface area contributed by atoms with Crippen LogP contribution in [0.15, 0.2) is 24.3 Å². The van der Waals surface area contributed by atoms with Crippen LogP contribution in [-0.2, 0) is 0 Å². The predicted molar refractivity (Wildman–Crippen MR) is 50.2 cm³/mol. The molecule has 0 nitrogen and oxygen atoms in total. The quantitative estimate of drug-likeness (QED) is 0.563. The molecule has 0 heteroatoms. The Labute approximate surface area is 70.0 Å². The summed E-state index contributed by atoms with van der Waals surface area (Å²) in [6, 6.07) is 0. The van der Waals surface area contributed by atoms with Gasteiger partial charge < -0.3 is 0 Å². The molecule has 1 aliphatic rings. The van der Waals surface area contributed by atoms with Crippen molar-refractivity contribution < 1.29 is 0 Å². The van der Waals surface area contributed by atoms with E-state index in [1.807, 2.05) is 0 Å². The predicted octanol–water partition coefficient (Wildman–Crippen LogP) is 3.51. The summed E-state index contributed by atoms with van der Waals surface area (Å²) in [5, 5.41) is 0. The molecule has 0 aromatic carbocycles. The molecule has 1 aliphatic carbocycles. The van der Waals surface area contributed by atoms with Crippen LogP contribution in [0.5, 0.6) is 0 Å². The molecule has 0 spiro atoms. The van der Waals surface area contributed by atoms with Crippen molar-refractivity contribution in [3.05, 3.63) is 30.2 Å². The SMILES string of the molecule is CC[C]1C=CC=CCC1CC. The molecular weight excluding hydrogens is 132 g/mol. The fourth-order valence-electron chi connectivity index (χ4n) is 1.62. The van der Waals surface area contributed by atoms with E-state index in [9.17, 15) is 0 Å². The fraction of sp³-hybridized carbons (Fsp3) is 0.545. The molecule has 0 aromatic rings. The Morgan fingerprint density at radius 3 is 2.82 bits per heavy atom. The fourth-order valence-corrected chi connectivity index (χ4v) is 1.62. The Kier molecular flexibility index (Phi) is 3.41. The number of allylic oxidation sites excluding steroid dienone is 4. The summed E-state index contributed by atoms with van der Waals surface area (Å²) in [6.07, 6.45) is 12.6. The van der Waals surface area contributed by atoms with E-state index >= 15 is 0 Å². The average molecular weight is 149 g/mol. The molecule has 0 fully saturated rings. The Hall–Kier alpha value is -0.520. The lowest BCUT2D eigenvalue weighted by atomic mass is 9.86. The highest BCUT2D eigenvalue weighted by Crippen LogP contribution is 2.28. The second-order valence-electron chi connectivity index (χ2n) is 3.06. The molecule has 0 aromatic heterocycles. The summed E-state index contributed by atoms with van der Waals surface area (Å²) < 4.78 is 0. The lowest BCUT2D eigenvalue weighted by Gasteiger charge is -2.18. The minimum atomic E-state index is 0.801. The van der Waals surface area contributed by atoms with Gasteiger partial charge in [0, 0.05) is 5.92 Å². The molecule has 0 bridgehead atoms. The summed E-state index contributed by atoms with van der Waals surface area (Å²) in [5.74, 6) is 2.41. The zero-order chi connectivity index (χ0) is 8.10. The third-order valence-electron chi connectivity index (χ3n) is 2.40. The van der Waals surface area contributed by atoms with Gasteiger partial charge in [0.2, 0.25) is 0 Å². The minimum absolute atomic E-state index is 0.801. The Morgan fingerprint density at radius 1 is 1.36 bits per heavy atom. The molecule has 0 amide bonds. The van der Waals surface area contributed by atoms with E-state index in [0.717, 1.165) is 5.92 Å². The Balaban J connectivity index is 2.59. The van der Waals surface area contributed by atoms with Crippen molar-refractivity contribution in [2.75, 3.05) is 0 Å². The van der Waals surface area contributed by atoms with Crippen LogP contribution in [0.1, 0.15) is 33.1 Å². The van der Waals surface area contributed by atoms with Gasteiger partial charge in [0.25, 0.3) is 0 Å². The van der Waals surface area contributed by atoms with Gasteiger partial charge in [-0.15, -0.1) is 0 Å². The van der Waals surface area contributed by atoms with Crippen LogP contribution in [0.3, 0.4) is 0 Å². The van der Waals surface area contributed by atoms with Gasteiger partial charge in [0.1, 0.15) is 0 Å². The van der Waals surface area contributed by atoms with Crippen molar-refractivity contribution in [2.24, 2.45) is 5.92 Å². The number of hydrogen-bond acceptors (Lipinski definition) is 0. The first-order valence-electron chi connectivity index (χ1n) is 4.57. The summed E-state index contributed by atoms with van der Waals surface area (Å²) in [4.78, 5) is 0. The standard InChI is InChI=1S/C11H17/c1-3-10-8-6-5-7-9-11(10)4-2/h5-8,11H,3-4,9H2,1-2H3. The first-order valence-corrected chi connectivity index (χ1v) is 4.57. The van der Waals surface area contributed by atoms with Crippen LogP contribution in [0.2, 0.25) is 0 Å². The molecule has 61 valence electrons. The van der Waals surface area contributed by atoms with Crippen molar-refractivity contribution in [2.45, 2.75) is 33.1 Å². The van der Waals surface area contributed by atoms with Crippen LogP contribution in [0, 0.1) is 11.8 Å². The Bertz CT molecular complexity index is 153. The van der Waals surface area contributed by atoms with Crippen LogP contribution in [-0.4, -0.2) is 0 Å². The molecule has 0 N–H and O–H groups in total. The molecule has 1 rings (SSSR count). The smallest absolute Gasteiger partial charge is 0.000700 e. The maximum absolute atomic E-state index is 2.28. The minimum Gasteiger partial charge on any atom is -0.0842 e. The molecule has 11 heavy (non-hydrogen) atoms. The van der Waals surface area contributed by atoms with E-state index < -0.39 is 0 Å². The molecule has 0 saturated heterocycles. The van der Waals surface area contributed by atoms with Gasteiger partial charge in [0.15, 0.2) is 0 Å². The van der Waals surface area contributed by atoms with Crippen LogP contribution in [0.25, 0.3) is 0 Å². The summed E-state index contributed by atoms with van der Waals surface area (Å²) in [5.41, 5.74) is 0. The van der Waals surface area contributed by atoms with Crippen LogP contribution in [0.4, 0.5) is 0 Å². The first-order chi connectivity index (χ1) is 5.38. The average Bonchev–Trinajstić information content (AvgIpc) is 2.27. The second-order valence-corrected chi connectivity index (χ2v) is 3.06. The van der Waals surface area contributed by atoms with Gasteiger partial charge in [-0.05, 0) is 18.8 Å². The van der Waals surface area contributed by atoms with E-state index in [4.69, 9.17) is 0 Å². The highest BCUT2D eigenvalue weighted by Gasteiger charge is 2.15. The maximum Gasteiger partial charge on any atom is 0.000700 e. The zero-order valence-electron chi connectivity index (χ0n) is 7.51. The highest BCUT2D eigenvalue weighted by molar-refractivity contribution is 5.21. The zero-order valence-corrected chi connectivity index (χ0v) is 7.51. The monoisotopic (exact) mass is 149 g/mol. The summed E-state index contributed by atoms with van der Waals surface area (Å²) in [7, 11) is 0. The lowest BCUT2D eigenvalue weighted by molar-refractivity contribution is 0.535. The van der Waals surface area contributed by atoms with Crippen molar-refractivity contribution in [1.82, 2.24) is 0 Å². The van der Waals surface area contributed by atoms with E-state index in [1.54, 1.807) is 5.92 Å². The summed E-state index contributed by atoms with van der Waals surface area (Å²) in [6.45, 7) is 4.51. The normalized spacial score (nSPS) is 25.5. The van der Waals surface area contributed by atoms with E-state index in [0.29, 0.717) is 0 Å². The highest BCUT2D eigenvalue weighted by atomic mass is 14.2. The van der Waals surface area contributed by atoms with Crippen molar-refractivity contribution >= 4 is 0 Å². The Morgan fingerprint density at radius 2 is 2.18 bits per heavy atom. The summed E-state index contributed by atoms with van der Waals surface area (Å²) >= 11 is 0. The van der Waals surface area contributed by atoms with E-state index in [-0.39, 0.29) is 0 Å². The van der Waals surface area contributed by atoms with Gasteiger partial charge in [-0.25, -0.2) is 0 Å². The second kappa shape index (κ2) is 4.38. The lowest BCUT2D eigenvalue weighted by Crippen LogP contribution is -2.06. The van der Waals surface area contributed by atoms with Gasteiger partial charge in [-0.3, -0.25) is 0 Å². The van der Waals surface area contributed by atoms with Gasteiger partial charge in [-0.1, -0.05) is 44.6 Å². The molecule has 0 heterocycles. The first kappa shape index (κ1) is 8.58. The maximum atomic E-state index is 2.28. The molecule has 1 unspecified atom stereocenters. The van der Waals surface area contributed by atoms with Gasteiger partial charge in [0.05, 0.1) is 0 Å². The van der Waals surface area contributed by atoms with Crippen LogP contribution < -0.4 is 0 Å². The van der Waals surface area contributed by atoms with Crippen molar-refractivity contribution in [3.63, 3.8) is 0 Å². The van der Waals surface area contributed by atoms with Crippen LogP contribution >= 0.6 is 0 Å². The third-order valence-corrected chi connectivity index (χ3v) is 2.40. The van der Waals surface area contributed by atoms with Gasteiger partial charge >= 0.3 is 0 Å². The molecule has 0 aliphatic heterocycles. The van der Waals surface area contributed by atoms with Crippen molar-refractivity contribution in [1.29, 1.82) is 0 Å². The molecule has 1 atom stereocenters. The van der Waals surface area contributed by atoms with E-state index in [1.165, 1.54) is 19.3 Å². The molecule has 0 saturated carbocycles. The molecule has 1 radical (unpaired) electrons. The number of hydrogen-bond donors (Lipinski definition) is 0. The third kappa shape index (κ3) is 2.21. The molecular formula is C11H17. The topological polar surface area (TPSA) is 0 Å². The van der Waals surface area contributed by atoms with Gasteiger partial charge in [-0.2, -0.15) is 0 Å². The van der Waals surface area contributed by atoms with Crippen molar-refractivity contribution in [3.8, 4) is 0 Å². The van der Waals surface area contributed by atoms with E-state index in [2.05, 4.69) is 38.2 Å². The number of rotatable bonds is 2. The largest absolute Gasteiger partial charge is 0.0842 e.